The average Bonchev–Trinajstić information content (AvgIpc) is 3.42. The van der Waals surface area contributed by atoms with Gasteiger partial charge < -0.3 is 10.2 Å². The van der Waals surface area contributed by atoms with E-state index >= 15 is 0 Å². The summed E-state index contributed by atoms with van der Waals surface area (Å²) in [5, 5.41) is 3.02. The fourth-order valence-electron chi connectivity index (χ4n) is 3.08. The molecule has 1 N–H and O–H groups in total. The summed E-state index contributed by atoms with van der Waals surface area (Å²) < 4.78 is 0. The maximum Gasteiger partial charge on any atom is 0.234 e. The highest BCUT2D eigenvalue weighted by Gasteiger charge is 2.26. The van der Waals surface area contributed by atoms with Crippen molar-refractivity contribution in [1.82, 2.24) is 15.1 Å². The Morgan fingerprint density at radius 3 is 2.50 bits per heavy atom. The molecular formula is C20H29N3O2S. The molecule has 0 bridgehead atoms. The Balaban J connectivity index is 1.34. The van der Waals surface area contributed by atoms with Crippen LogP contribution in [-0.4, -0.2) is 66.1 Å². The van der Waals surface area contributed by atoms with Crippen LogP contribution in [0.2, 0.25) is 0 Å². The topological polar surface area (TPSA) is 52.7 Å². The zero-order valence-electron chi connectivity index (χ0n) is 15.8. The zero-order chi connectivity index (χ0) is 18.5. The largest absolute Gasteiger partial charge is 0.352 e. The van der Waals surface area contributed by atoms with Crippen LogP contribution in [0.15, 0.2) is 23.1 Å². The lowest BCUT2D eigenvalue weighted by Crippen LogP contribution is -2.51. The van der Waals surface area contributed by atoms with E-state index < -0.39 is 0 Å². The van der Waals surface area contributed by atoms with Crippen molar-refractivity contribution in [2.45, 2.75) is 44.0 Å². The number of nitrogens with one attached hydrogen (secondary N) is 1. The summed E-state index contributed by atoms with van der Waals surface area (Å²) in [7, 11) is 0. The predicted molar refractivity (Wildman–Crippen MR) is 105 cm³/mol. The number of hydrogen-bond acceptors (Lipinski definition) is 4. The van der Waals surface area contributed by atoms with Crippen LogP contribution in [0, 0.1) is 13.8 Å². The second kappa shape index (κ2) is 8.91. The van der Waals surface area contributed by atoms with E-state index in [2.05, 4.69) is 42.3 Å². The van der Waals surface area contributed by atoms with Gasteiger partial charge in [0.25, 0.3) is 0 Å². The van der Waals surface area contributed by atoms with Gasteiger partial charge in [-0.2, -0.15) is 0 Å². The zero-order valence-corrected chi connectivity index (χ0v) is 16.6. The minimum absolute atomic E-state index is 0.122. The van der Waals surface area contributed by atoms with E-state index in [1.165, 1.54) is 16.0 Å². The van der Waals surface area contributed by atoms with Crippen molar-refractivity contribution in [2.24, 2.45) is 0 Å². The third kappa shape index (κ3) is 5.74. The van der Waals surface area contributed by atoms with Gasteiger partial charge in [-0.3, -0.25) is 14.5 Å². The second-order valence-corrected chi connectivity index (χ2v) is 8.51. The molecule has 2 amide bonds. The van der Waals surface area contributed by atoms with Gasteiger partial charge in [0.1, 0.15) is 0 Å². The van der Waals surface area contributed by atoms with Crippen LogP contribution >= 0.6 is 11.8 Å². The van der Waals surface area contributed by atoms with E-state index in [0.717, 1.165) is 44.8 Å². The lowest BCUT2D eigenvalue weighted by Gasteiger charge is -2.34. The molecule has 1 saturated carbocycles. The molecule has 6 heteroatoms. The quantitative estimate of drug-likeness (QED) is 0.743. The molecule has 2 aliphatic rings. The van der Waals surface area contributed by atoms with Crippen LogP contribution in [0.4, 0.5) is 0 Å². The molecule has 0 radical (unpaired) electrons. The normalized spacial score (nSPS) is 18.0. The minimum Gasteiger partial charge on any atom is -0.352 e. The SMILES string of the molecule is Cc1ccc(SCCC(=O)N2CCN(CC(=O)NC3CC3)CC2)cc1C. The predicted octanol–water partition coefficient (Wildman–Crippen LogP) is 2.21. The molecule has 142 valence electrons. The van der Waals surface area contributed by atoms with Crippen molar-refractivity contribution in [2.75, 3.05) is 38.5 Å². The van der Waals surface area contributed by atoms with Crippen LogP contribution in [-0.2, 0) is 9.59 Å². The number of piperazine rings is 1. The highest BCUT2D eigenvalue weighted by Crippen LogP contribution is 2.22. The standard InChI is InChI=1S/C20H29N3O2S/c1-15-3-6-18(13-16(15)2)26-12-7-20(25)23-10-8-22(9-11-23)14-19(24)21-17-4-5-17/h3,6,13,17H,4-5,7-12,14H2,1-2H3,(H,21,24). The number of benzene rings is 1. The molecule has 3 rings (SSSR count). The molecule has 0 unspecified atom stereocenters. The number of carbonyl (C=O) groups is 2. The highest BCUT2D eigenvalue weighted by molar-refractivity contribution is 7.99. The Kier molecular flexibility index (Phi) is 6.59. The number of hydrogen-bond donors (Lipinski definition) is 1. The third-order valence-electron chi connectivity index (χ3n) is 5.10. The Morgan fingerprint density at radius 2 is 1.85 bits per heavy atom. The van der Waals surface area contributed by atoms with E-state index in [1.807, 2.05) is 4.90 Å². The van der Waals surface area contributed by atoms with Gasteiger partial charge in [0, 0.05) is 49.3 Å². The van der Waals surface area contributed by atoms with Gasteiger partial charge in [0.15, 0.2) is 0 Å². The van der Waals surface area contributed by atoms with Gasteiger partial charge in [-0.1, -0.05) is 6.07 Å². The molecule has 1 heterocycles. The Hall–Kier alpha value is -1.53. The van der Waals surface area contributed by atoms with Crippen LogP contribution in [0.1, 0.15) is 30.4 Å². The first-order valence-corrected chi connectivity index (χ1v) is 10.5. The molecule has 1 saturated heterocycles. The summed E-state index contributed by atoms with van der Waals surface area (Å²) in [5.41, 5.74) is 2.59. The molecule has 5 nitrogen and oxygen atoms in total. The number of nitrogens with zero attached hydrogens (tertiary/aromatic N) is 2. The first-order chi connectivity index (χ1) is 12.5. The fourth-order valence-corrected chi connectivity index (χ4v) is 4.01. The molecule has 0 spiro atoms. The number of aryl methyl sites for hydroxylation is 2. The fraction of sp³-hybridized carbons (Fsp3) is 0.600. The molecule has 26 heavy (non-hydrogen) atoms. The van der Waals surface area contributed by atoms with Gasteiger partial charge in [0.05, 0.1) is 6.54 Å². The lowest BCUT2D eigenvalue weighted by molar-refractivity contribution is -0.132. The van der Waals surface area contributed by atoms with Crippen molar-refractivity contribution < 1.29 is 9.59 Å². The summed E-state index contributed by atoms with van der Waals surface area (Å²) >= 11 is 1.75. The maximum atomic E-state index is 12.4. The first kappa shape index (κ1) is 19.2. The van der Waals surface area contributed by atoms with Gasteiger partial charge in [-0.15, -0.1) is 11.8 Å². The van der Waals surface area contributed by atoms with E-state index in [9.17, 15) is 9.59 Å². The Morgan fingerprint density at radius 1 is 1.12 bits per heavy atom. The van der Waals surface area contributed by atoms with Crippen LogP contribution < -0.4 is 5.32 Å². The summed E-state index contributed by atoms with van der Waals surface area (Å²) in [5.74, 6) is 1.16. The van der Waals surface area contributed by atoms with E-state index in [-0.39, 0.29) is 11.8 Å². The van der Waals surface area contributed by atoms with Crippen molar-refractivity contribution in [3.05, 3.63) is 29.3 Å². The van der Waals surface area contributed by atoms with E-state index in [0.29, 0.717) is 19.0 Å². The molecule has 0 atom stereocenters. The van der Waals surface area contributed by atoms with Crippen LogP contribution in [0.3, 0.4) is 0 Å². The molecule has 1 aromatic carbocycles. The van der Waals surface area contributed by atoms with Gasteiger partial charge in [0.2, 0.25) is 11.8 Å². The first-order valence-electron chi connectivity index (χ1n) is 9.51. The van der Waals surface area contributed by atoms with Crippen molar-refractivity contribution in [3.63, 3.8) is 0 Å². The molecule has 1 aromatic rings. The maximum absolute atomic E-state index is 12.4. The number of thioether (sulfide) groups is 1. The Bertz CT molecular complexity index is 652. The molecule has 2 fully saturated rings. The number of carbonyl (C=O) groups excluding carboxylic acids is 2. The summed E-state index contributed by atoms with van der Waals surface area (Å²) in [6.07, 6.45) is 2.81. The van der Waals surface area contributed by atoms with E-state index in [4.69, 9.17) is 0 Å². The Labute approximate surface area is 160 Å². The van der Waals surface area contributed by atoms with E-state index in [1.54, 1.807) is 11.8 Å². The van der Waals surface area contributed by atoms with Gasteiger partial charge >= 0.3 is 0 Å². The summed E-state index contributed by atoms with van der Waals surface area (Å²) in [6, 6.07) is 6.87. The summed E-state index contributed by atoms with van der Waals surface area (Å²) in [6.45, 7) is 7.72. The van der Waals surface area contributed by atoms with Gasteiger partial charge in [-0.05, 0) is 49.9 Å². The van der Waals surface area contributed by atoms with Crippen LogP contribution in [0.5, 0.6) is 0 Å². The van der Waals surface area contributed by atoms with Gasteiger partial charge in [-0.25, -0.2) is 0 Å². The number of rotatable bonds is 7. The third-order valence-corrected chi connectivity index (χ3v) is 6.09. The number of amides is 2. The minimum atomic E-state index is 0.122. The highest BCUT2D eigenvalue weighted by atomic mass is 32.2. The van der Waals surface area contributed by atoms with Crippen LogP contribution in [0.25, 0.3) is 0 Å². The summed E-state index contributed by atoms with van der Waals surface area (Å²) in [4.78, 5) is 29.6. The van der Waals surface area contributed by atoms with Crippen molar-refractivity contribution in [3.8, 4) is 0 Å². The van der Waals surface area contributed by atoms with Crippen molar-refractivity contribution >= 4 is 23.6 Å². The lowest BCUT2D eigenvalue weighted by atomic mass is 10.1. The molecule has 1 aliphatic heterocycles. The second-order valence-electron chi connectivity index (χ2n) is 7.34. The monoisotopic (exact) mass is 375 g/mol. The van der Waals surface area contributed by atoms with Crippen molar-refractivity contribution in [1.29, 1.82) is 0 Å². The molecule has 1 aliphatic carbocycles. The molecule has 0 aromatic heterocycles. The molecular weight excluding hydrogens is 346 g/mol. The smallest absolute Gasteiger partial charge is 0.234 e. The average molecular weight is 376 g/mol.